The van der Waals surface area contributed by atoms with E-state index in [1.54, 1.807) is 12.1 Å². The number of unbranched alkanes of at least 4 members (excludes halogenated alkanes) is 7. The number of benzene rings is 2. The second kappa shape index (κ2) is 14.7. The van der Waals surface area contributed by atoms with Crippen molar-refractivity contribution in [1.29, 1.82) is 0 Å². The molecule has 0 saturated carbocycles. The van der Waals surface area contributed by atoms with Crippen LogP contribution in [0.15, 0.2) is 66.9 Å². The standard InChI is InChI=1S/C33H42FNO2/c1-4-6-7-8-9-10-11-12-15-26-18-23-31(35-25-26)30-17-14-13-16-29(30)27-19-21-28(22-20-27)37-32(36)33(3,34)24-5-2/h13-14,16-23,25H,4-12,15,24H2,1-3H3. The minimum Gasteiger partial charge on any atom is -0.424 e. The van der Waals surface area contributed by atoms with Crippen LogP contribution in [0.4, 0.5) is 4.39 Å². The van der Waals surface area contributed by atoms with Crippen molar-refractivity contribution < 1.29 is 13.9 Å². The zero-order chi connectivity index (χ0) is 26.5. The molecule has 198 valence electrons. The van der Waals surface area contributed by atoms with Gasteiger partial charge in [-0.2, -0.15) is 0 Å². The van der Waals surface area contributed by atoms with Crippen molar-refractivity contribution in [3.63, 3.8) is 0 Å². The van der Waals surface area contributed by atoms with E-state index >= 15 is 0 Å². The smallest absolute Gasteiger partial charge is 0.348 e. The molecule has 37 heavy (non-hydrogen) atoms. The van der Waals surface area contributed by atoms with Gasteiger partial charge in [-0.05, 0) is 61.1 Å². The van der Waals surface area contributed by atoms with E-state index in [1.165, 1.54) is 63.9 Å². The van der Waals surface area contributed by atoms with Gasteiger partial charge < -0.3 is 4.74 Å². The van der Waals surface area contributed by atoms with Crippen LogP contribution in [0, 0.1) is 0 Å². The lowest BCUT2D eigenvalue weighted by molar-refractivity contribution is -0.147. The van der Waals surface area contributed by atoms with Gasteiger partial charge in [-0.3, -0.25) is 4.98 Å². The molecule has 3 aromatic rings. The van der Waals surface area contributed by atoms with E-state index in [0.717, 1.165) is 28.8 Å². The molecule has 0 saturated heterocycles. The van der Waals surface area contributed by atoms with E-state index in [-0.39, 0.29) is 6.42 Å². The molecule has 1 atom stereocenters. The maximum atomic E-state index is 14.5. The summed E-state index contributed by atoms with van der Waals surface area (Å²) in [5.74, 6) is -0.506. The van der Waals surface area contributed by atoms with Crippen LogP contribution >= 0.6 is 0 Å². The summed E-state index contributed by atoms with van der Waals surface area (Å²) in [6.07, 6.45) is 14.4. The molecule has 3 nitrogen and oxygen atoms in total. The van der Waals surface area contributed by atoms with Crippen molar-refractivity contribution in [3.05, 3.63) is 72.4 Å². The number of carbonyl (C=O) groups excluding carboxylic acids is 1. The van der Waals surface area contributed by atoms with E-state index in [0.29, 0.717) is 12.2 Å². The van der Waals surface area contributed by atoms with Crippen molar-refractivity contribution in [1.82, 2.24) is 4.98 Å². The Bertz CT molecular complexity index is 1090. The highest BCUT2D eigenvalue weighted by Gasteiger charge is 2.34. The summed E-state index contributed by atoms with van der Waals surface area (Å²) in [7, 11) is 0. The lowest BCUT2D eigenvalue weighted by Gasteiger charge is -2.17. The van der Waals surface area contributed by atoms with E-state index in [4.69, 9.17) is 9.72 Å². The minimum atomic E-state index is -1.98. The molecule has 1 heterocycles. The van der Waals surface area contributed by atoms with Crippen molar-refractivity contribution in [2.24, 2.45) is 0 Å². The van der Waals surface area contributed by atoms with Gasteiger partial charge in [0.05, 0.1) is 5.69 Å². The first-order chi connectivity index (χ1) is 17.9. The molecule has 1 unspecified atom stereocenters. The second-order valence-corrected chi connectivity index (χ2v) is 10.2. The zero-order valence-electron chi connectivity index (χ0n) is 22.8. The maximum Gasteiger partial charge on any atom is 0.348 e. The van der Waals surface area contributed by atoms with Crippen LogP contribution in [-0.2, 0) is 11.2 Å². The van der Waals surface area contributed by atoms with Crippen LogP contribution in [0.2, 0.25) is 0 Å². The first-order valence-corrected chi connectivity index (χ1v) is 14.0. The Morgan fingerprint density at radius 3 is 2.08 bits per heavy atom. The van der Waals surface area contributed by atoms with Crippen LogP contribution in [0.3, 0.4) is 0 Å². The van der Waals surface area contributed by atoms with Crippen molar-refractivity contribution in [2.45, 2.75) is 97.1 Å². The molecule has 0 aliphatic heterocycles. The van der Waals surface area contributed by atoms with Crippen LogP contribution in [0.25, 0.3) is 22.4 Å². The lowest BCUT2D eigenvalue weighted by Crippen LogP contribution is -2.34. The molecule has 0 radical (unpaired) electrons. The van der Waals surface area contributed by atoms with Crippen LogP contribution in [0.5, 0.6) is 5.75 Å². The molecule has 0 spiro atoms. The molecule has 0 aliphatic carbocycles. The molecule has 1 aromatic heterocycles. The average molecular weight is 504 g/mol. The number of aryl methyl sites for hydroxylation is 1. The van der Waals surface area contributed by atoms with Crippen LogP contribution in [-0.4, -0.2) is 16.6 Å². The Morgan fingerprint density at radius 1 is 0.811 bits per heavy atom. The molecule has 2 aromatic carbocycles. The number of ether oxygens (including phenoxy) is 1. The van der Waals surface area contributed by atoms with E-state index < -0.39 is 11.6 Å². The van der Waals surface area contributed by atoms with Gasteiger partial charge in [-0.15, -0.1) is 0 Å². The molecular weight excluding hydrogens is 461 g/mol. The van der Waals surface area contributed by atoms with Crippen molar-refractivity contribution in [3.8, 4) is 28.1 Å². The lowest BCUT2D eigenvalue weighted by atomic mass is 9.97. The molecule has 3 rings (SSSR count). The number of pyridine rings is 1. The quantitative estimate of drug-likeness (QED) is 0.118. The highest BCUT2D eigenvalue weighted by molar-refractivity contribution is 5.83. The number of carbonyl (C=O) groups is 1. The van der Waals surface area contributed by atoms with Gasteiger partial charge in [0.2, 0.25) is 5.67 Å². The molecule has 0 aliphatic rings. The van der Waals surface area contributed by atoms with Gasteiger partial charge in [-0.1, -0.05) is 108 Å². The third-order valence-corrected chi connectivity index (χ3v) is 6.87. The Hall–Kier alpha value is -3.01. The first-order valence-electron chi connectivity index (χ1n) is 14.0. The molecule has 0 bridgehead atoms. The number of hydrogen-bond donors (Lipinski definition) is 0. The van der Waals surface area contributed by atoms with Gasteiger partial charge in [-0.25, -0.2) is 9.18 Å². The molecule has 0 N–H and O–H groups in total. The third-order valence-electron chi connectivity index (χ3n) is 6.87. The van der Waals surface area contributed by atoms with Crippen molar-refractivity contribution in [2.75, 3.05) is 0 Å². The highest BCUT2D eigenvalue weighted by Crippen LogP contribution is 2.32. The fourth-order valence-corrected chi connectivity index (χ4v) is 4.64. The SMILES string of the molecule is CCCCCCCCCCc1ccc(-c2ccccc2-c2ccc(OC(=O)C(C)(F)CCC)cc2)nc1. The van der Waals surface area contributed by atoms with Gasteiger partial charge in [0.1, 0.15) is 5.75 Å². The number of nitrogens with zero attached hydrogens (tertiary/aromatic N) is 1. The first kappa shape index (κ1) is 28.6. The van der Waals surface area contributed by atoms with Crippen molar-refractivity contribution >= 4 is 5.97 Å². The zero-order valence-corrected chi connectivity index (χ0v) is 22.8. The number of esters is 1. The summed E-state index contributed by atoms with van der Waals surface area (Å²) in [4.78, 5) is 17.0. The van der Waals surface area contributed by atoms with Gasteiger partial charge in [0, 0.05) is 11.8 Å². The van der Waals surface area contributed by atoms with Gasteiger partial charge in [0.15, 0.2) is 0 Å². The number of alkyl halides is 1. The topological polar surface area (TPSA) is 39.2 Å². The van der Waals surface area contributed by atoms with E-state index in [1.807, 2.05) is 37.4 Å². The van der Waals surface area contributed by atoms with Crippen LogP contribution in [0.1, 0.15) is 90.5 Å². The monoisotopic (exact) mass is 503 g/mol. The number of hydrogen-bond acceptors (Lipinski definition) is 3. The Kier molecular flexibility index (Phi) is 11.3. The maximum absolute atomic E-state index is 14.5. The summed E-state index contributed by atoms with van der Waals surface area (Å²) < 4.78 is 19.8. The fraction of sp³-hybridized carbons (Fsp3) is 0.455. The summed E-state index contributed by atoms with van der Waals surface area (Å²) >= 11 is 0. The van der Waals surface area contributed by atoms with Gasteiger partial charge >= 0.3 is 5.97 Å². The van der Waals surface area contributed by atoms with E-state index in [2.05, 4.69) is 31.2 Å². The largest absolute Gasteiger partial charge is 0.424 e. The molecule has 4 heteroatoms. The fourth-order valence-electron chi connectivity index (χ4n) is 4.64. The predicted octanol–water partition coefficient (Wildman–Crippen LogP) is 9.53. The summed E-state index contributed by atoms with van der Waals surface area (Å²) in [6, 6.07) is 19.7. The summed E-state index contributed by atoms with van der Waals surface area (Å²) in [5.41, 5.74) is 3.30. The normalized spacial score (nSPS) is 12.8. The highest BCUT2D eigenvalue weighted by atomic mass is 19.1. The van der Waals surface area contributed by atoms with Crippen LogP contribution < -0.4 is 4.74 Å². The number of aromatic nitrogens is 1. The van der Waals surface area contributed by atoms with E-state index in [9.17, 15) is 9.18 Å². The predicted molar refractivity (Wildman–Crippen MR) is 151 cm³/mol. The molecule has 0 fully saturated rings. The second-order valence-electron chi connectivity index (χ2n) is 10.2. The number of rotatable bonds is 15. The summed E-state index contributed by atoms with van der Waals surface area (Å²) in [6.45, 7) is 5.38. The summed E-state index contributed by atoms with van der Waals surface area (Å²) in [5, 5.41) is 0. The minimum absolute atomic E-state index is 0.141. The van der Waals surface area contributed by atoms with Gasteiger partial charge in [0.25, 0.3) is 0 Å². The Balaban J connectivity index is 1.60. The molecule has 0 amide bonds. The number of halogens is 1. The third kappa shape index (κ3) is 8.80. The Labute approximate surface area is 222 Å². The Morgan fingerprint density at radius 2 is 1.46 bits per heavy atom. The average Bonchev–Trinajstić information content (AvgIpc) is 2.91. The molecular formula is C33H42FNO2.